The third-order valence-electron chi connectivity index (χ3n) is 4.47. The highest BCUT2D eigenvalue weighted by molar-refractivity contribution is 5.87. The summed E-state index contributed by atoms with van der Waals surface area (Å²) in [5.74, 6) is -2.02. The molecule has 3 atom stereocenters. The molecule has 0 aliphatic heterocycles. The van der Waals surface area contributed by atoms with Crippen LogP contribution >= 0.6 is 0 Å². The molecule has 1 aromatic carbocycles. The van der Waals surface area contributed by atoms with Crippen molar-refractivity contribution in [1.82, 2.24) is 10.6 Å². The number of aliphatic hydroxyl groups is 1. The maximum Gasteiger partial charge on any atom is 0.243 e. The molecule has 0 saturated heterocycles. The van der Waals surface area contributed by atoms with Gasteiger partial charge in [-0.25, -0.2) is 8.78 Å². The molecule has 3 unspecified atom stereocenters. The lowest BCUT2D eigenvalue weighted by atomic mass is 9.94. The van der Waals surface area contributed by atoms with E-state index in [-0.39, 0.29) is 30.7 Å². The molecule has 1 rings (SSSR count). The molecular formula is C22H32F2N2O3. The average Bonchev–Trinajstić information content (AvgIpc) is 2.60. The Hall–Kier alpha value is -2.28. The molecule has 0 aromatic heterocycles. The van der Waals surface area contributed by atoms with Gasteiger partial charge in [-0.3, -0.25) is 9.59 Å². The zero-order valence-electron chi connectivity index (χ0n) is 17.4. The van der Waals surface area contributed by atoms with Crippen LogP contribution in [-0.2, 0) is 16.0 Å². The average molecular weight is 411 g/mol. The topological polar surface area (TPSA) is 78.4 Å². The van der Waals surface area contributed by atoms with Gasteiger partial charge < -0.3 is 15.7 Å². The number of hydrogen-bond acceptors (Lipinski definition) is 3. The molecule has 29 heavy (non-hydrogen) atoms. The lowest BCUT2D eigenvalue weighted by Crippen LogP contribution is -2.47. The summed E-state index contributed by atoms with van der Waals surface area (Å²) in [6, 6.07) is 2.10. The van der Waals surface area contributed by atoms with E-state index in [9.17, 15) is 23.5 Å². The van der Waals surface area contributed by atoms with Crippen LogP contribution in [0.15, 0.2) is 30.4 Å². The normalized spacial score (nSPS) is 14.4. The van der Waals surface area contributed by atoms with Gasteiger partial charge >= 0.3 is 0 Å². The second-order valence-corrected chi connectivity index (χ2v) is 7.28. The van der Waals surface area contributed by atoms with E-state index in [2.05, 4.69) is 10.6 Å². The largest absolute Gasteiger partial charge is 0.391 e. The Labute approximate surface area is 171 Å². The summed E-state index contributed by atoms with van der Waals surface area (Å²) in [5, 5.41) is 16.2. The first-order valence-electron chi connectivity index (χ1n) is 10.1. The molecule has 0 spiro atoms. The lowest BCUT2D eigenvalue weighted by molar-refractivity contribution is -0.121. The Balaban J connectivity index is 2.85. The molecule has 0 heterocycles. The summed E-state index contributed by atoms with van der Waals surface area (Å²) >= 11 is 0. The van der Waals surface area contributed by atoms with Crippen LogP contribution in [0.25, 0.3) is 0 Å². The van der Waals surface area contributed by atoms with Gasteiger partial charge in [-0.05, 0) is 49.5 Å². The maximum absolute atomic E-state index is 13.5. The number of halogens is 2. The fourth-order valence-electron chi connectivity index (χ4n) is 3.19. The minimum Gasteiger partial charge on any atom is -0.391 e. The number of unbranched alkanes of at least 4 members (excludes halogenated alkanes) is 1. The fourth-order valence-corrected chi connectivity index (χ4v) is 3.19. The number of benzene rings is 1. The van der Waals surface area contributed by atoms with Gasteiger partial charge in [0.2, 0.25) is 11.8 Å². The van der Waals surface area contributed by atoms with Crippen LogP contribution in [0.4, 0.5) is 8.78 Å². The number of nitrogens with one attached hydrogen (secondary N) is 2. The molecule has 2 amide bonds. The minimum atomic E-state index is -0.998. The Kier molecular flexibility index (Phi) is 11.1. The van der Waals surface area contributed by atoms with Crippen LogP contribution in [-0.4, -0.2) is 35.1 Å². The van der Waals surface area contributed by atoms with Crippen molar-refractivity contribution >= 4 is 11.8 Å². The fraction of sp³-hybridized carbons (Fsp3) is 0.545. The molecule has 1 aromatic rings. The molecule has 0 bridgehead atoms. The van der Waals surface area contributed by atoms with Gasteiger partial charge in [-0.1, -0.05) is 32.8 Å². The summed E-state index contributed by atoms with van der Waals surface area (Å²) in [6.07, 6.45) is 5.78. The van der Waals surface area contributed by atoms with Gasteiger partial charge in [-0.2, -0.15) is 0 Å². The van der Waals surface area contributed by atoms with Crippen molar-refractivity contribution in [2.75, 3.05) is 0 Å². The second-order valence-electron chi connectivity index (χ2n) is 7.28. The molecule has 3 N–H and O–H groups in total. The van der Waals surface area contributed by atoms with Crippen LogP contribution in [0.2, 0.25) is 0 Å². The SMILES string of the molecule is CCC/C=C/C(=O)NC(CCC)CC(O)C(Cc1cc(F)cc(F)c1)NC(C)=O. The van der Waals surface area contributed by atoms with Crippen molar-refractivity contribution in [1.29, 1.82) is 0 Å². The summed E-state index contributed by atoms with van der Waals surface area (Å²) in [7, 11) is 0. The van der Waals surface area contributed by atoms with Crippen molar-refractivity contribution in [2.24, 2.45) is 0 Å². The van der Waals surface area contributed by atoms with Crippen LogP contribution in [0.3, 0.4) is 0 Å². The molecule has 0 fully saturated rings. The van der Waals surface area contributed by atoms with Gasteiger partial charge in [0, 0.05) is 19.0 Å². The first-order chi connectivity index (χ1) is 13.7. The van der Waals surface area contributed by atoms with Gasteiger partial charge in [0.1, 0.15) is 11.6 Å². The van der Waals surface area contributed by atoms with Crippen molar-refractivity contribution in [3.63, 3.8) is 0 Å². The zero-order valence-corrected chi connectivity index (χ0v) is 17.4. The first kappa shape index (κ1) is 24.8. The summed E-state index contributed by atoms with van der Waals surface area (Å²) in [6.45, 7) is 5.31. The van der Waals surface area contributed by atoms with Gasteiger partial charge in [-0.15, -0.1) is 0 Å². The summed E-state index contributed by atoms with van der Waals surface area (Å²) in [4.78, 5) is 23.6. The van der Waals surface area contributed by atoms with Crippen molar-refractivity contribution in [3.8, 4) is 0 Å². The van der Waals surface area contributed by atoms with E-state index < -0.39 is 23.8 Å². The van der Waals surface area contributed by atoms with Crippen LogP contribution in [0.5, 0.6) is 0 Å². The van der Waals surface area contributed by atoms with Crippen LogP contribution < -0.4 is 10.6 Å². The number of allylic oxidation sites excluding steroid dienone is 1. The Morgan fingerprint density at radius 1 is 1.10 bits per heavy atom. The maximum atomic E-state index is 13.5. The Morgan fingerprint density at radius 3 is 2.31 bits per heavy atom. The van der Waals surface area contributed by atoms with E-state index in [1.807, 2.05) is 13.8 Å². The van der Waals surface area contributed by atoms with Gasteiger partial charge in [0.15, 0.2) is 0 Å². The standard InChI is InChI=1S/C22H32F2N2O3/c1-4-6-7-9-22(29)26-19(8-5-2)14-21(28)20(25-15(3)27)12-16-10-17(23)13-18(24)11-16/h7,9-11,13,19-21,28H,4-6,8,12,14H2,1-3H3,(H,25,27)(H,26,29)/b9-7+. The summed E-state index contributed by atoms with van der Waals surface area (Å²) < 4.78 is 27.0. The first-order valence-corrected chi connectivity index (χ1v) is 10.1. The van der Waals surface area contributed by atoms with Gasteiger partial charge in [0.05, 0.1) is 12.1 Å². The lowest BCUT2D eigenvalue weighted by Gasteiger charge is -2.28. The number of carbonyl (C=O) groups is 2. The van der Waals surface area contributed by atoms with E-state index in [1.54, 1.807) is 6.08 Å². The van der Waals surface area contributed by atoms with Crippen LogP contribution in [0.1, 0.15) is 58.4 Å². The smallest absolute Gasteiger partial charge is 0.243 e. The molecule has 0 saturated carbocycles. The van der Waals surface area contributed by atoms with E-state index in [0.717, 1.165) is 25.3 Å². The highest BCUT2D eigenvalue weighted by Gasteiger charge is 2.25. The Bertz CT molecular complexity index is 674. The second kappa shape index (κ2) is 13.0. The third-order valence-corrected chi connectivity index (χ3v) is 4.47. The van der Waals surface area contributed by atoms with E-state index in [0.29, 0.717) is 12.0 Å². The number of hydrogen-bond donors (Lipinski definition) is 3. The molecule has 5 nitrogen and oxygen atoms in total. The minimum absolute atomic E-state index is 0.0681. The quantitative estimate of drug-likeness (QED) is 0.462. The van der Waals surface area contributed by atoms with E-state index in [1.165, 1.54) is 25.1 Å². The number of amides is 2. The number of carbonyl (C=O) groups excluding carboxylic acids is 2. The monoisotopic (exact) mass is 410 g/mol. The molecule has 7 heteroatoms. The predicted octanol–water partition coefficient (Wildman–Crippen LogP) is 3.40. The zero-order chi connectivity index (χ0) is 21.8. The van der Waals surface area contributed by atoms with E-state index >= 15 is 0 Å². The highest BCUT2D eigenvalue weighted by atomic mass is 19.1. The summed E-state index contributed by atoms with van der Waals surface area (Å²) in [5.41, 5.74) is 0.332. The molecule has 162 valence electrons. The van der Waals surface area contributed by atoms with Crippen LogP contribution in [0, 0.1) is 11.6 Å². The van der Waals surface area contributed by atoms with E-state index in [4.69, 9.17) is 0 Å². The van der Waals surface area contributed by atoms with Crippen molar-refractivity contribution < 1.29 is 23.5 Å². The molecular weight excluding hydrogens is 378 g/mol. The third kappa shape index (κ3) is 10.2. The highest BCUT2D eigenvalue weighted by Crippen LogP contribution is 2.15. The van der Waals surface area contributed by atoms with Gasteiger partial charge in [0.25, 0.3) is 0 Å². The molecule has 0 radical (unpaired) electrons. The molecule has 0 aliphatic carbocycles. The Morgan fingerprint density at radius 2 is 1.76 bits per heavy atom. The van der Waals surface area contributed by atoms with Crippen molar-refractivity contribution in [2.45, 2.75) is 77.5 Å². The number of aliphatic hydroxyl groups excluding tert-OH is 1. The van der Waals surface area contributed by atoms with Crippen molar-refractivity contribution in [3.05, 3.63) is 47.5 Å². The number of rotatable bonds is 12. The predicted molar refractivity (Wildman–Crippen MR) is 109 cm³/mol. The molecule has 0 aliphatic rings.